The fourth-order valence-corrected chi connectivity index (χ4v) is 2.01. The molecule has 2 heteroatoms. The molecule has 2 nitrogen and oxygen atoms in total. The minimum absolute atomic E-state index is 0.510. The third kappa shape index (κ3) is 2.76. The molecule has 0 radical (unpaired) electrons. The minimum Gasteiger partial charge on any atom is -0.493 e. The van der Waals surface area contributed by atoms with Gasteiger partial charge in [-0.15, -0.1) is 0 Å². The van der Waals surface area contributed by atoms with Crippen molar-refractivity contribution in [3.63, 3.8) is 0 Å². The van der Waals surface area contributed by atoms with E-state index in [1.54, 1.807) is 0 Å². The first-order valence-corrected chi connectivity index (χ1v) is 6.07. The Hall–Kier alpha value is -1.02. The number of benzene rings is 1. The zero-order chi connectivity index (χ0) is 11.4. The van der Waals surface area contributed by atoms with E-state index in [1.165, 1.54) is 5.56 Å². The van der Waals surface area contributed by atoms with Crippen LogP contribution in [0.5, 0.6) is 5.75 Å². The van der Waals surface area contributed by atoms with Gasteiger partial charge >= 0.3 is 0 Å². The standard InChI is InChI=1S/C14H20O2/c1-11(2)13-5-3-4-6-14(13)16-10-12-7-8-15-9-12/h3-6,11-12H,7-10H2,1-2H3. The Labute approximate surface area is 97.6 Å². The van der Waals surface area contributed by atoms with Crippen molar-refractivity contribution in [3.8, 4) is 5.75 Å². The van der Waals surface area contributed by atoms with Gasteiger partial charge in [0.15, 0.2) is 0 Å². The number of hydrogen-bond donors (Lipinski definition) is 0. The van der Waals surface area contributed by atoms with Crippen molar-refractivity contribution >= 4 is 0 Å². The maximum absolute atomic E-state index is 5.90. The van der Waals surface area contributed by atoms with Crippen molar-refractivity contribution in [1.82, 2.24) is 0 Å². The molecule has 16 heavy (non-hydrogen) atoms. The van der Waals surface area contributed by atoms with Gasteiger partial charge in [0, 0.05) is 12.5 Å². The lowest BCUT2D eigenvalue weighted by Crippen LogP contribution is -2.12. The molecule has 0 saturated carbocycles. The molecule has 1 aromatic carbocycles. The Bertz CT molecular complexity index is 327. The van der Waals surface area contributed by atoms with Crippen LogP contribution < -0.4 is 4.74 Å². The molecule has 1 aliphatic heterocycles. The summed E-state index contributed by atoms with van der Waals surface area (Å²) in [6.07, 6.45) is 1.13. The summed E-state index contributed by atoms with van der Waals surface area (Å²) in [5.74, 6) is 2.11. The maximum atomic E-state index is 5.90. The van der Waals surface area contributed by atoms with Crippen LogP contribution in [0, 0.1) is 5.92 Å². The van der Waals surface area contributed by atoms with Crippen LogP contribution >= 0.6 is 0 Å². The predicted molar refractivity (Wildman–Crippen MR) is 65.0 cm³/mol. The van der Waals surface area contributed by atoms with Gasteiger partial charge in [0.05, 0.1) is 13.2 Å². The highest BCUT2D eigenvalue weighted by molar-refractivity contribution is 5.35. The van der Waals surface area contributed by atoms with Gasteiger partial charge in [-0.25, -0.2) is 0 Å². The summed E-state index contributed by atoms with van der Waals surface area (Å²) in [7, 11) is 0. The number of ether oxygens (including phenoxy) is 2. The molecule has 0 aliphatic carbocycles. The van der Waals surface area contributed by atoms with E-state index in [9.17, 15) is 0 Å². The SMILES string of the molecule is CC(C)c1ccccc1OCC1CCOC1. The zero-order valence-electron chi connectivity index (χ0n) is 10.1. The van der Waals surface area contributed by atoms with E-state index in [1.807, 2.05) is 6.07 Å². The van der Waals surface area contributed by atoms with Crippen molar-refractivity contribution in [3.05, 3.63) is 29.8 Å². The Morgan fingerprint density at radius 1 is 1.38 bits per heavy atom. The summed E-state index contributed by atoms with van der Waals surface area (Å²) >= 11 is 0. The lowest BCUT2D eigenvalue weighted by Gasteiger charge is -2.15. The van der Waals surface area contributed by atoms with Crippen molar-refractivity contribution < 1.29 is 9.47 Å². The average Bonchev–Trinajstić information content (AvgIpc) is 2.79. The van der Waals surface area contributed by atoms with Gasteiger partial charge in [-0.2, -0.15) is 0 Å². The van der Waals surface area contributed by atoms with Crippen molar-refractivity contribution in [2.24, 2.45) is 5.92 Å². The second-order valence-electron chi connectivity index (χ2n) is 4.73. The zero-order valence-corrected chi connectivity index (χ0v) is 10.1. The Balaban J connectivity index is 1.97. The largest absolute Gasteiger partial charge is 0.493 e. The summed E-state index contributed by atoms with van der Waals surface area (Å²) in [4.78, 5) is 0. The molecular weight excluding hydrogens is 200 g/mol. The van der Waals surface area contributed by atoms with Crippen LogP contribution in [0.1, 0.15) is 31.7 Å². The van der Waals surface area contributed by atoms with Gasteiger partial charge < -0.3 is 9.47 Å². The van der Waals surface area contributed by atoms with E-state index >= 15 is 0 Å². The summed E-state index contributed by atoms with van der Waals surface area (Å²) in [5, 5.41) is 0. The summed E-state index contributed by atoms with van der Waals surface area (Å²) < 4.78 is 11.2. The van der Waals surface area contributed by atoms with E-state index in [-0.39, 0.29) is 0 Å². The molecule has 1 unspecified atom stereocenters. The van der Waals surface area contributed by atoms with Crippen LogP contribution in [-0.2, 0) is 4.74 Å². The minimum atomic E-state index is 0.510. The van der Waals surface area contributed by atoms with Crippen molar-refractivity contribution in [1.29, 1.82) is 0 Å². The summed E-state index contributed by atoms with van der Waals surface area (Å²) in [5.41, 5.74) is 1.29. The first-order valence-electron chi connectivity index (χ1n) is 6.07. The van der Waals surface area contributed by atoms with Gasteiger partial charge in [0.1, 0.15) is 5.75 Å². The molecule has 1 saturated heterocycles. The van der Waals surface area contributed by atoms with Crippen LogP contribution in [0.3, 0.4) is 0 Å². The average molecular weight is 220 g/mol. The van der Waals surface area contributed by atoms with Gasteiger partial charge in [-0.3, -0.25) is 0 Å². The van der Waals surface area contributed by atoms with Gasteiger partial charge in [0.25, 0.3) is 0 Å². The third-order valence-corrected chi connectivity index (χ3v) is 3.04. The Morgan fingerprint density at radius 3 is 2.88 bits per heavy atom. The monoisotopic (exact) mass is 220 g/mol. The Kier molecular flexibility index (Phi) is 3.83. The molecule has 88 valence electrons. The molecule has 1 heterocycles. The van der Waals surface area contributed by atoms with Gasteiger partial charge in [-0.05, 0) is 24.0 Å². The molecule has 0 amide bonds. The lowest BCUT2D eigenvalue weighted by atomic mass is 10.0. The quantitative estimate of drug-likeness (QED) is 0.775. The van der Waals surface area contributed by atoms with E-state index in [2.05, 4.69) is 32.0 Å². The molecule has 0 aromatic heterocycles. The van der Waals surface area contributed by atoms with E-state index in [0.717, 1.165) is 32.0 Å². The molecule has 1 atom stereocenters. The third-order valence-electron chi connectivity index (χ3n) is 3.04. The molecule has 1 aromatic rings. The smallest absolute Gasteiger partial charge is 0.122 e. The molecule has 0 bridgehead atoms. The molecule has 2 rings (SSSR count). The summed E-state index contributed by atoms with van der Waals surface area (Å²) in [6, 6.07) is 8.31. The van der Waals surface area contributed by atoms with E-state index < -0.39 is 0 Å². The highest BCUT2D eigenvalue weighted by Crippen LogP contribution is 2.26. The van der Waals surface area contributed by atoms with Crippen molar-refractivity contribution in [2.45, 2.75) is 26.2 Å². The maximum Gasteiger partial charge on any atom is 0.122 e. The van der Waals surface area contributed by atoms with Crippen LogP contribution in [0.2, 0.25) is 0 Å². The topological polar surface area (TPSA) is 18.5 Å². The van der Waals surface area contributed by atoms with Crippen LogP contribution in [0.15, 0.2) is 24.3 Å². The van der Waals surface area contributed by atoms with E-state index in [4.69, 9.17) is 9.47 Å². The molecule has 0 N–H and O–H groups in total. The van der Waals surface area contributed by atoms with E-state index in [0.29, 0.717) is 11.8 Å². The number of para-hydroxylation sites is 1. The van der Waals surface area contributed by atoms with Gasteiger partial charge in [0.2, 0.25) is 0 Å². The second-order valence-corrected chi connectivity index (χ2v) is 4.73. The summed E-state index contributed by atoms with van der Waals surface area (Å²) in [6.45, 7) is 6.91. The Morgan fingerprint density at radius 2 is 2.19 bits per heavy atom. The van der Waals surface area contributed by atoms with Crippen LogP contribution in [0.4, 0.5) is 0 Å². The number of hydrogen-bond acceptors (Lipinski definition) is 2. The normalized spacial score (nSPS) is 20.3. The lowest BCUT2D eigenvalue weighted by molar-refractivity contribution is 0.166. The van der Waals surface area contributed by atoms with Gasteiger partial charge in [-0.1, -0.05) is 32.0 Å². The molecular formula is C14H20O2. The van der Waals surface area contributed by atoms with Crippen molar-refractivity contribution in [2.75, 3.05) is 19.8 Å². The highest BCUT2D eigenvalue weighted by atomic mass is 16.5. The first-order chi connectivity index (χ1) is 7.77. The van der Waals surface area contributed by atoms with Crippen LogP contribution in [-0.4, -0.2) is 19.8 Å². The fraction of sp³-hybridized carbons (Fsp3) is 0.571. The number of rotatable bonds is 4. The molecule has 1 fully saturated rings. The first kappa shape index (κ1) is 11.5. The highest BCUT2D eigenvalue weighted by Gasteiger charge is 2.17. The van der Waals surface area contributed by atoms with Crippen LogP contribution in [0.25, 0.3) is 0 Å². The second kappa shape index (κ2) is 5.35. The molecule has 1 aliphatic rings. The fourth-order valence-electron chi connectivity index (χ4n) is 2.01. The molecule has 0 spiro atoms. The predicted octanol–water partition coefficient (Wildman–Crippen LogP) is 3.23.